The molecule has 0 radical (unpaired) electrons. The van der Waals surface area contributed by atoms with Gasteiger partial charge >= 0.3 is 0 Å². The SMILES string of the molecule is CC(C)(C)C(=O)CSc1nnc(-c2ccc(C(C)(C)C)cc2)n1-c1ccc(Br)cc1. The third kappa shape index (κ3) is 5.22. The zero-order chi connectivity index (χ0) is 22.1. The highest BCUT2D eigenvalue weighted by atomic mass is 79.9. The lowest BCUT2D eigenvalue weighted by Crippen LogP contribution is -2.22. The molecule has 0 N–H and O–H groups in total. The minimum Gasteiger partial charge on any atom is -0.298 e. The van der Waals surface area contributed by atoms with Gasteiger partial charge < -0.3 is 0 Å². The summed E-state index contributed by atoms with van der Waals surface area (Å²) in [7, 11) is 0. The summed E-state index contributed by atoms with van der Waals surface area (Å²) in [5.41, 5.74) is 2.94. The number of thioether (sulfide) groups is 1. The second kappa shape index (κ2) is 8.67. The van der Waals surface area contributed by atoms with Crippen LogP contribution in [0.2, 0.25) is 0 Å². The van der Waals surface area contributed by atoms with Crippen LogP contribution < -0.4 is 0 Å². The van der Waals surface area contributed by atoms with Crippen molar-refractivity contribution < 1.29 is 4.79 Å². The van der Waals surface area contributed by atoms with Gasteiger partial charge in [-0.25, -0.2) is 0 Å². The Labute approximate surface area is 191 Å². The second-order valence-electron chi connectivity index (χ2n) is 9.41. The highest BCUT2D eigenvalue weighted by Crippen LogP contribution is 2.31. The number of hydrogen-bond acceptors (Lipinski definition) is 4. The summed E-state index contributed by atoms with van der Waals surface area (Å²) in [4.78, 5) is 12.5. The van der Waals surface area contributed by atoms with Crippen molar-refractivity contribution in [2.24, 2.45) is 5.41 Å². The van der Waals surface area contributed by atoms with E-state index in [0.717, 1.165) is 21.5 Å². The number of halogens is 1. The van der Waals surface area contributed by atoms with Gasteiger partial charge in [-0.15, -0.1) is 10.2 Å². The minimum atomic E-state index is -0.374. The quantitative estimate of drug-likeness (QED) is 0.377. The smallest absolute Gasteiger partial charge is 0.196 e. The van der Waals surface area contributed by atoms with Gasteiger partial charge in [-0.05, 0) is 35.2 Å². The van der Waals surface area contributed by atoms with Crippen LogP contribution in [0.1, 0.15) is 47.1 Å². The molecule has 4 nitrogen and oxygen atoms in total. The van der Waals surface area contributed by atoms with Crippen LogP contribution in [-0.2, 0) is 10.2 Å². The maximum atomic E-state index is 12.5. The molecule has 6 heteroatoms. The monoisotopic (exact) mass is 485 g/mol. The van der Waals surface area contributed by atoms with E-state index in [2.05, 4.69) is 71.2 Å². The second-order valence-corrected chi connectivity index (χ2v) is 11.3. The van der Waals surface area contributed by atoms with Crippen LogP contribution in [-0.4, -0.2) is 26.3 Å². The Morgan fingerprint density at radius 2 is 1.53 bits per heavy atom. The number of rotatable bonds is 5. The summed E-state index contributed by atoms with van der Waals surface area (Å²) < 4.78 is 3.03. The number of carbonyl (C=O) groups excluding carboxylic acids is 1. The molecule has 0 saturated carbocycles. The summed E-state index contributed by atoms with van der Waals surface area (Å²) in [5, 5.41) is 9.63. The van der Waals surface area contributed by atoms with E-state index in [4.69, 9.17) is 0 Å². The third-order valence-electron chi connectivity index (χ3n) is 4.90. The molecule has 3 aromatic rings. The fourth-order valence-electron chi connectivity index (χ4n) is 2.84. The number of hydrogen-bond donors (Lipinski definition) is 0. The lowest BCUT2D eigenvalue weighted by atomic mass is 9.87. The first kappa shape index (κ1) is 22.8. The third-order valence-corrected chi connectivity index (χ3v) is 6.35. The van der Waals surface area contributed by atoms with Crippen molar-refractivity contribution in [1.82, 2.24) is 14.8 Å². The van der Waals surface area contributed by atoms with E-state index in [9.17, 15) is 4.79 Å². The van der Waals surface area contributed by atoms with Crippen molar-refractivity contribution in [3.63, 3.8) is 0 Å². The number of Topliss-reactive ketones (excluding diaryl/α,β-unsaturated/α-hetero) is 1. The normalized spacial score (nSPS) is 12.2. The molecule has 1 heterocycles. The van der Waals surface area contributed by atoms with Crippen molar-refractivity contribution in [3.8, 4) is 17.1 Å². The van der Waals surface area contributed by atoms with Crippen molar-refractivity contribution in [3.05, 3.63) is 58.6 Å². The fourth-order valence-corrected chi connectivity index (χ4v) is 4.22. The molecule has 1 aromatic heterocycles. The average molecular weight is 486 g/mol. The van der Waals surface area contributed by atoms with Gasteiger partial charge in [-0.3, -0.25) is 9.36 Å². The Morgan fingerprint density at radius 3 is 2.07 bits per heavy atom. The Balaban J connectivity index is 2.02. The molecular formula is C24H28BrN3OS. The lowest BCUT2D eigenvalue weighted by molar-refractivity contribution is -0.123. The van der Waals surface area contributed by atoms with Gasteiger partial charge in [-0.1, -0.05) is 93.5 Å². The summed E-state index contributed by atoms with van der Waals surface area (Å²) in [6, 6.07) is 16.5. The Kier molecular flexibility index (Phi) is 6.58. The number of carbonyl (C=O) groups is 1. The van der Waals surface area contributed by atoms with Crippen LogP contribution in [0.3, 0.4) is 0 Å². The molecule has 0 atom stereocenters. The summed E-state index contributed by atoms with van der Waals surface area (Å²) in [6.45, 7) is 12.4. The maximum Gasteiger partial charge on any atom is 0.196 e. The van der Waals surface area contributed by atoms with Gasteiger partial charge in [0.05, 0.1) is 5.75 Å². The highest BCUT2D eigenvalue weighted by molar-refractivity contribution is 9.10. The Morgan fingerprint density at radius 1 is 0.933 bits per heavy atom. The van der Waals surface area contributed by atoms with Gasteiger partial charge in [0.2, 0.25) is 0 Å². The lowest BCUT2D eigenvalue weighted by Gasteiger charge is -2.19. The Hall–Kier alpha value is -1.92. The van der Waals surface area contributed by atoms with E-state index in [1.165, 1.54) is 17.3 Å². The van der Waals surface area contributed by atoms with Crippen molar-refractivity contribution >= 4 is 33.5 Å². The predicted molar refractivity (Wildman–Crippen MR) is 128 cm³/mol. The van der Waals surface area contributed by atoms with Crippen LogP contribution >= 0.6 is 27.7 Å². The van der Waals surface area contributed by atoms with Crippen LogP contribution in [0.4, 0.5) is 0 Å². The molecule has 0 amide bonds. The zero-order valence-corrected chi connectivity index (χ0v) is 20.8. The number of benzene rings is 2. The Bertz CT molecular complexity index is 1030. The molecule has 0 fully saturated rings. The van der Waals surface area contributed by atoms with E-state index in [0.29, 0.717) is 10.9 Å². The fraction of sp³-hybridized carbons (Fsp3) is 0.375. The summed E-state index contributed by atoms with van der Waals surface area (Å²) >= 11 is 4.93. The number of nitrogens with zero attached hydrogens (tertiary/aromatic N) is 3. The maximum absolute atomic E-state index is 12.5. The largest absolute Gasteiger partial charge is 0.298 e. The molecule has 0 unspecified atom stereocenters. The standard InChI is InChI=1S/C24H28BrN3OS/c1-23(2,3)17-9-7-16(8-10-17)21-26-27-22(30-15-20(29)24(4,5)6)28(21)19-13-11-18(25)12-14-19/h7-14H,15H2,1-6H3. The zero-order valence-electron chi connectivity index (χ0n) is 18.4. The molecule has 2 aromatic carbocycles. The van der Waals surface area contributed by atoms with Crippen molar-refractivity contribution in [2.45, 2.75) is 52.1 Å². The van der Waals surface area contributed by atoms with Crippen LogP contribution in [0, 0.1) is 5.41 Å². The molecule has 0 bridgehead atoms. The molecule has 30 heavy (non-hydrogen) atoms. The molecule has 3 rings (SSSR count). The van der Waals surface area contributed by atoms with E-state index in [1.807, 2.05) is 49.6 Å². The summed E-state index contributed by atoms with van der Waals surface area (Å²) in [5.74, 6) is 1.32. The van der Waals surface area contributed by atoms with Gasteiger partial charge in [0.25, 0.3) is 0 Å². The van der Waals surface area contributed by atoms with Gasteiger partial charge in [-0.2, -0.15) is 0 Å². The summed E-state index contributed by atoms with van der Waals surface area (Å²) in [6.07, 6.45) is 0. The number of aromatic nitrogens is 3. The molecule has 0 aliphatic carbocycles. The van der Waals surface area contributed by atoms with Crippen LogP contribution in [0.5, 0.6) is 0 Å². The first-order chi connectivity index (χ1) is 14.0. The number of ketones is 1. The molecule has 158 valence electrons. The minimum absolute atomic E-state index is 0.0895. The average Bonchev–Trinajstić information content (AvgIpc) is 3.09. The van der Waals surface area contributed by atoms with Crippen LogP contribution in [0.15, 0.2) is 58.2 Å². The molecule has 0 saturated heterocycles. The molecular weight excluding hydrogens is 458 g/mol. The van der Waals surface area contributed by atoms with Crippen molar-refractivity contribution in [1.29, 1.82) is 0 Å². The van der Waals surface area contributed by atoms with E-state index < -0.39 is 0 Å². The van der Waals surface area contributed by atoms with E-state index >= 15 is 0 Å². The highest BCUT2D eigenvalue weighted by Gasteiger charge is 2.23. The topological polar surface area (TPSA) is 47.8 Å². The van der Waals surface area contributed by atoms with Gasteiger partial charge in [0, 0.05) is 21.1 Å². The van der Waals surface area contributed by atoms with Gasteiger partial charge in [0.1, 0.15) is 5.78 Å². The van der Waals surface area contributed by atoms with E-state index in [-0.39, 0.29) is 16.6 Å². The first-order valence-electron chi connectivity index (χ1n) is 9.95. The molecule has 0 spiro atoms. The predicted octanol–water partition coefficient (Wildman–Crippen LogP) is 6.70. The van der Waals surface area contributed by atoms with Crippen LogP contribution in [0.25, 0.3) is 17.1 Å². The first-order valence-corrected chi connectivity index (χ1v) is 11.7. The molecule has 0 aliphatic rings. The molecule has 0 aliphatic heterocycles. The van der Waals surface area contributed by atoms with Crippen molar-refractivity contribution in [2.75, 3.05) is 5.75 Å². The van der Waals surface area contributed by atoms with Gasteiger partial charge in [0.15, 0.2) is 11.0 Å². The van der Waals surface area contributed by atoms with E-state index in [1.54, 1.807) is 0 Å².